The number of benzene rings is 1. The van der Waals surface area contributed by atoms with Crippen LogP contribution in [0.4, 0.5) is 0 Å². The molecule has 0 atom stereocenters. The minimum absolute atomic E-state index is 0.0112. The molecule has 6 nitrogen and oxygen atoms in total. The van der Waals surface area contributed by atoms with Crippen LogP contribution in [0.25, 0.3) is 4.96 Å². The third kappa shape index (κ3) is 2.08. The maximum absolute atomic E-state index is 11.3. The highest BCUT2D eigenvalue weighted by molar-refractivity contribution is 7.15. The highest BCUT2D eigenvalue weighted by Gasteiger charge is 2.21. The number of nitrogens with zero attached hydrogens (tertiary/aromatic N) is 2. The summed E-state index contributed by atoms with van der Waals surface area (Å²) < 4.78 is 12.1. The van der Waals surface area contributed by atoms with Crippen molar-refractivity contribution >= 4 is 22.3 Å². The number of hydrogen-bond donors (Lipinski definition) is 1. The number of aromatic carboxylic acids is 1. The number of carboxylic acids is 1. The van der Waals surface area contributed by atoms with Gasteiger partial charge in [0.05, 0.1) is 7.11 Å². The molecule has 0 aliphatic heterocycles. The van der Waals surface area contributed by atoms with Crippen LogP contribution in [0.1, 0.15) is 10.5 Å². The molecule has 0 aliphatic carbocycles. The number of aromatic nitrogens is 2. The highest BCUT2D eigenvalue weighted by atomic mass is 32.1. The highest BCUT2D eigenvalue weighted by Crippen LogP contribution is 2.28. The fourth-order valence-electron chi connectivity index (χ4n) is 1.79. The molecule has 0 saturated carbocycles. The molecule has 0 unspecified atom stereocenters. The van der Waals surface area contributed by atoms with Crippen LogP contribution in [-0.4, -0.2) is 27.6 Å². The van der Waals surface area contributed by atoms with Crippen LogP contribution >= 0.6 is 11.3 Å². The number of methoxy groups -OCH3 is 1. The summed E-state index contributed by atoms with van der Waals surface area (Å²) in [6.45, 7) is 0. The van der Waals surface area contributed by atoms with Crippen LogP contribution in [0.5, 0.6) is 17.4 Å². The van der Waals surface area contributed by atoms with E-state index in [9.17, 15) is 9.90 Å². The molecule has 0 amide bonds. The molecule has 1 N–H and O–H groups in total. The normalized spacial score (nSPS) is 10.7. The first-order chi connectivity index (χ1) is 9.69. The molecule has 2 heterocycles. The fraction of sp³-hybridized carbons (Fsp3) is 0.0769. The molecule has 20 heavy (non-hydrogen) atoms. The molecular weight excluding hydrogens is 280 g/mol. The van der Waals surface area contributed by atoms with E-state index in [1.807, 2.05) is 0 Å². The smallest absolute Gasteiger partial charge is 0.358 e. The van der Waals surface area contributed by atoms with E-state index in [-0.39, 0.29) is 11.6 Å². The molecule has 7 heteroatoms. The van der Waals surface area contributed by atoms with Gasteiger partial charge in [-0.1, -0.05) is 0 Å². The summed E-state index contributed by atoms with van der Waals surface area (Å²) in [5.41, 5.74) is 0.0112. The monoisotopic (exact) mass is 290 g/mol. The van der Waals surface area contributed by atoms with E-state index < -0.39 is 5.97 Å². The van der Waals surface area contributed by atoms with Crippen molar-refractivity contribution in [3.05, 3.63) is 41.5 Å². The Kier molecular flexibility index (Phi) is 3.03. The summed E-state index contributed by atoms with van der Waals surface area (Å²) in [4.78, 5) is 16.1. The number of rotatable bonds is 4. The molecule has 0 fully saturated rings. The number of carbonyl (C=O) groups is 1. The minimum atomic E-state index is -1.08. The first-order valence-corrected chi connectivity index (χ1v) is 6.58. The number of ether oxygens (including phenoxy) is 2. The van der Waals surface area contributed by atoms with Crippen LogP contribution in [-0.2, 0) is 0 Å². The second kappa shape index (κ2) is 4.86. The van der Waals surface area contributed by atoms with Crippen LogP contribution in [0.15, 0.2) is 35.8 Å². The molecule has 1 aromatic carbocycles. The third-order valence-electron chi connectivity index (χ3n) is 2.71. The molecule has 0 spiro atoms. The minimum Gasteiger partial charge on any atom is -0.497 e. The maximum Gasteiger partial charge on any atom is 0.358 e. The van der Waals surface area contributed by atoms with Gasteiger partial charge in [-0.15, -0.1) is 11.3 Å². The molecule has 0 bridgehead atoms. The molecule has 0 radical (unpaired) electrons. The SMILES string of the molecule is COc1ccc(Oc2nc3sccn3c2C(=O)O)cc1. The maximum atomic E-state index is 11.3. The summed E-state index contributed by atoms with van der Waals surface area (Å²) in [6, 6.07) is 6.85. The molecule has 0 saturated heterocycles. The summed E-state index contributed by atoms with van der Waals surface area (Å²) >= 11 is 1.34. The Bertz CT molecular complexity index is 760. The standard InChI is InChI=1S/C13H10N2O4S/c1-18-8-2-4-9(5-3-8)19-11-10(12(16)17)15-6-7-20-13(15)14-11/h2-7H,1H3,(H,16,17). The van der Waals surface area contributed by atoms with E-state index in [0.717, 1.165) is 0 Å². The Hall–Kier alpha value is -2.54. The van der Waals surface area contributed by atoms with Crippen molar-refractivity contribution in [3.63, 3.8) is 0 Å². The number of fused-ring (bicyclic) bond motifs is 1. The lowest BCUT2D eigenvalue weighted by atomic mass is 10.3. The van der Waals surface area contributed by atoms with Gasteiger partial charge >= 0.3 is 5.97 Å². The quantitative estimate of drug-likeness (QED) is 0.799. The summed E-state index contributed by atoms with van der Waals surface area (Å²) in [6.07, 6.45) is 1.65. The number of hydrogen-bond acceptors (Lipinski definition) is 5. The van der Waals surface area contributed by atoms with E-state index >= 15 is 0 Å². The summed E-state index contributed by atoms with van der Waals surface area (Å²) in [5.74, 6) is 0.189. The van der Waals surface area contributed by atoms with Crippen molar-refractivity contribution in [3.8, 4) is 17.4 Å². The summed E-state index contributed by atoms with van der Waals surface area (Å²) in [7, 11) is 1.57. The first kappa shape index (κ1) is 12.5. The Labute approximate surface area is 117 Å². The van der Waals surface area contributed by atoms with Gasteiger partial charge in [0.2, 0.25) is 0 Å². The Morgan fingerprint density at radius 3 is 2.65 bits per heavy atom. The molecular formula is C13H10N2O4S. The number of thiazole rings is 1. The molecule has 3 aromatic rings. The lowest BCUT2D eigenvalue weighted by Gasteiger charge is -2.04. The van der Waals surface area contributed by atoms with E-state index in [0.29, 0.717) is 16.5 Å². The lowest BCUT2D eigenvalue weighted by molar-refractivity contribution is 0.0686. The topological polar surface area (TPSA) is 73.1 Å². The third-order valence-corrected chi connectivity index (χ3v) is 3.46. The van der Waals surface area contributed by atoms with E-state index in [4.69, 9.17) is 9.47 Å². The Morgan fingerprint density at radius 2 is 2.00 bits per heavy atom. The van der Waals surface area contributed by atoms with Crippen molar-refractivity contribution < 1.29 is 19.4 Å². The molecule has 3 rings (SSSR count). The van der Waals surface area contributed by atoms with Gasteiger partial charge in [0.25, 0.3) is 5.88 Å². The van der Waals surface area contributed by atoms with Gasteiger partial charge in [-0.05, 0) is 24.3 Å². The van der Waals surface area contributed by atoms with Crippen molar-refractivity contribution in [2.45, 2.75) is 0 Å². The average Bonchev–Trinajstić information content (AvgIpc) is 2.99. The molecule has 0 aliphatic rings. The predicted molar refractivity (Wildman–Crippen MR) is 73.1 cm³/mol. The first-order valence-electron chi connectivity index (χ1n) is 5.70. The second-order valence-corrected chi connectivity index (χ2v) is 4.78. The summed E-state index contributed by atoms with van der Waals surface area (Å²) in [5, 5.41) is 11.0. The zero-order valence-corrected chi connectivity index (χ0v) is 11.3. The van der Waals surface area contributed by atoms with Gasteiger partial charge in [0.1, 0.15) is 11.5 Å². The van der Waals surface area contributed by atoms with E-state index in [1.165, 1.54) is 15.7 Å². The van der Waals surface area contributed by atoms with Crippen molar-refractivity contribution in [2.24, 2.45) is 0 Å². The molecule has 102 valence electrons. The zero-order chi connectivity index (χ0) is 14.1. The lowest BCUT2D eigenvalue weighted by Crippen LogP contribution is -2.02. The van der Waals surface area contributed by atoms with Gasteiger partial charge < -0.3 is 14.6 Å². The van der Waals surface area contributed by atoms with Crippen LogP contribution in [0.3, 0.4) is 0 Å². The van der Waals surface area contributed by atoms with Gasteiger partial charge in [-0.2, -0.15) is 4.98 Å². The number of carboxylic acid groups (broad SMARTS) is 1. The van der Waals surface area contributed by atoms with Gasteiger partial charge in [-0.25, -0.2) is 4.79 Å². The van der Waals surface area contributed by atoms with Gasteiger partial charge in [0.15, 0.2) is 10.7 Å². The van der Waals surface area contributed by atoms with Crippen LogP contribution in [0, 0.1) is 0 Å². The van der Waals surface area contributed by atoms with E-state index in [2.05, 4.69) is 4.98 Å². The van der Waals surface area contributed by atoms with Gasteiger partial charge in [0, 0.05) is 11.6 Å². The van der Waals surface area contributed by atoms with Gasteiger partial charge in [-0.3, -0.25) is 4.40 Å². The Balaban J connectivity index is 1.98. The van der Waals surface area contributed by atoms with Crippen LogP contribution < -0.4 is 9.47 Å². The number of imidazole rings is 1. The second-order valence-electron chi connectivity index (χ2n) is 3.90. The average molecular weight is 290 g/mol. The van der Waals surface area contributed by atoms with Crippen LogP contribution in [0.2, 0.25) is 0 Å². The van der Waals surface area contributed by atoms with Crippen molar-refractivity contribution in [2.75, 3.05) is 7.11 Å². The largest absolute Gasteiger partial charge is 0.497 e. The molecule has 2 aromatic heterocycles. The fourth-order valence-corrected chi connectivity index (χ4v) is 2.49. The zero-order valence-electron chi connectivity index (χ0n) is 10.4. The predicted octanol–water partition coefficient (Wildman–Crippen LogP) is 2.89. The van der Waals surface area contributed by atoms with Crippen molar-refractivity contribution in [1.82, 2.24) is 9.38 Å². The Morgan fingerprint density at radius 1 is 1.30 bits per heavy atom. The van der Waals surface area contributed by atoms with E-state index in [1.54, 1.807) is 43.0 Å². The van der Waals surface area contributed by atoms with Crippen molar-refractivity contribution in [1.29, 1.82) is 0 Å².